The summed E-state index contributed by atoms with van der Waals surface area (Å²) in [5.41, 5.74) is -0.441. The lowest BCUT2D eigenvalue weighted by Gasteiger charge is -2.44. The predicted molar refractivity (Wildman–Crippen MR) is 50.4 cm³/mol. The summed E-state index contributed by atoms with van der Waals surface area (Å²) < 4.78 is 0. The Labute approximate surface area is 79.4 Å². The van der Waals surface area contributed by atoms with Gasteiger partial charge in [0.2, 0.25) is 0 Å². The molecule has 13 heavy (non-hydrogen) atoms. The average molecular weight is 185 g/mol. The van der Waals surface area contributed by atoms with Crippen LogP contribution in [0.1, 0.15) is 26.2 Å². The monoisotopic (exact) mass is 185 g/mol. The van der Waals surface area contributed by atoms with Gasteiger partial charge in [0.25, 0.3) is 0 Å². The first-order valence-electron chi connectivity index (χ1n) is 5.20. The van der Waals surface area contributed by atoms with E-state index in [1.807, 2.05) is 0 Å². The summed E-state index contributed by atoms with van der Waals surface area (Å²) >= 11 is 0. The molecule has 76 valence electrons. The fourth-order valence-electron chi connectivity index (χ4n) is 2.74. The molecule has 1 aliphatic heterocycles. The van der Waals surface area contributed by atoms with Crippen LogP contribution in [-0.2, 0) is 0 Å². The van der Waals surface area contributed by atoms with Crippen molar-refractivity contribution in [3.8, 4) is 0 Å². The smallest absolute Gasteiger partial charge is 0.0779 e. The summed E-state index contributed by atoms with van der Waals surface area (Å²) in [6, 6.07) is 0. The maximum atomic E-state index is 10.0. The number of aliphatic hydroxyl groups excluding tert-OH is 1. The Morgan fingerprint density at radius 1 is 1.46 bits per heavy atom. The number of likely N-dealkylation sites (tertiary alicyclic amines) is 1. The zero-order chi connectivity index (χ0) is 9.47. The van der Waals surface area contributed by atoms with Crippen LogP contribution >= 0.6 is 0 Å². The normalized spacial score (nSPS) is 46.4. The van der Waals surface area contributed by atoms with Crippen LogP contribution in [-0.4, -0.2) is 46.5 Å². The molecule has 0 amide bonds. The van der Waals surface area contributed by atoms with Crippen LogP contribution in [0, 0.1) is 5.92 Å². The van der Waals surface area contributed by atoms with Gasteiger partial charge in [-0.3, -0.25) is 4.90 Å². The van der Waals surface area contributed by atoms with Crippen molar-refractivity contribution in [2.45, 2.75) is 37.9 Å². The number of hydrogen-bond donors (Lipinski definition) is 2. The van der Waals surface area contributed by atoms with Gasteiger partial charge in [-0.2, -0.15) is 0 Å². The zero-order valence-electron chi connectivity index (χ0n) is 8.24. The Morgan fingerprint density at radius 3 is 2.62 bits per heavy atom. The molecule has 0 bridgehead atoms. The summed E-state index contributed by atoms with van der Waals surface area (Å²) in [7, 11) is 0. The molecule has 0 aromatic rings. The van der Waals surface area contributed by atoms with Gasteiger partial charge in [0.1, 0.15) is 0 Å². The first kappa shape index (κ1) is 9.44. The van der Waals surface area contributed by atoms with Crippen LogP contribution in [0.4, 0.5) is 0 Å². The molecule has 2 fully saturated rings. The van der Waals surface area contributed by atoms with E-state index in [1.54, 1.807) is 0 Å². The molecule has 0 radical (unpaired) electrons. The summed E-state index contributed by atoms with van der Waals surface area (Å²) in [6.07, 6.45) is 2.56. The van der Waals surface area contributed by atoms with Crippen molar-refractivity contribution >= 4 is 0 Å². The highest BCUT2D eigenvalue weighted by Gasteiger charge is 2.42. The van der Waals surface area contributed by atoms with Crippen molar-refractivity contribution in [1.29, 1.82) is 0 Å². The summed E-state index contributed by atoms with van der Waals surface area (Å²) in [5.74, 6) is 0.678. The molecule has 3 nitrogen and oxygen atoms in total. The summed E-state index contributed by atoms with van der Waals surface area (Å²) in [6.45, 7) is 4.62. The number of rotatable bonds is 2. The van der Waals surface area contributed by atoms with E-state index in [1.165, 1.54) is 0 Å². The molecule has 0 spiro atoms. The Hall–Kier alpha value is -0.120. The molecular formula is C10H19NO2. The molecule has 1 aliphatic carbocycles. The van der Waals surface area contributed by atoms with Gasteiger partial charge in [-0.25, -0.2) is 0 Å². The third kappa shape index (κ3) is 2.03. The van der Waals surface area contributed by atoms with Gasteiger partial charge in [-0.1, -0.05) is 6.92 Å². The number of hydrogen-bond acceptors (Lipinski definition) is 3. The minimum Gasteiger partial charge on any atom is -0.392 e. The van der Waals surface area contributed by atoms with E-state index in [2.05, 4.69) is 11.8 Å². The van der Waals surface area contributed by atoms with E-state index in [-0.39, 0.29) is 6.10 Å². The first-order chi connectivity index (χ1) is 6.07. The van der Waals surface area contributed by atoms with Gasteiger partial charge in [-0.15, -0.1) is 0 Å². The van der Waals surface area contributed by atoms with Gasteiger partial charge < -0.3 is 10.2 Å². The fraction of sp³-hybridized carbons (Fsp3) is 1.00. The van der Waals surface area contributed by atoms with Crippen LogP contribution in [0.3, 0.4) is 0 Å². The van der Waals surface area contributed by atoms with Crippen LogP contribution in [0.15, 0.2) is 0 Å². The van der Waals surface area contributed by atoms with Crippen LogP contribution in [0.25, 0.3) is 0 Å². The number of nitrogens with zero attached hydrogens (tertiary/aromatic N) is 1. The van der Waals surface area contributed by atoms with E-state index >= 15 is 0 Å². The van der Waals surface area contributed by atoms with Crippen LogP contribution in [0.5, 0.6) is 0 Å². The van der Waals surface area contributed by atoms with Crippen molar-refractivity contribution in [2.75, 3.05) is 19.6 Å². The molecule has 1 saturated carbocycles. The predicted octanol–water partition coefficient (Wildman–Crippen LogP) is 0.214. The maximum absolute atomic E-state index is 10.0. The molecule has 0 aromatic carbocycles. The lowest BCUT2D eigenvalue weighted by Crippen LogP contribution is -2.51. The Kier molecular flexibility index (Phi) is 2.34. The highest BCUT2D eigenvalue weighted by molar-refractivity contribution is 4.95. The third-order valence-corrected chi connectivity index (χ3v) is 3.22. The van der Waals surface area contributed by atoms with Crippen molar-refractivity contribution in [1.82, 2.24) is 4.90 Å². The van der Waals surface area contributed by atoms with E-state index in [0.29, 0.717) is 5.92 Å². The standard InChI is InChI=1S/C10H19NO2/c1-8-4-10(13,5-8)7-11-3-2-9(12)6-11/h8-9,12-13H,2-7H2,1H3. The Bertz CT molecular complexity index is 189. The lowest BCUT2D eigenvalue weighted by molar-refractivity contribution is -0.0861. The van der Waals surface area contributed by atoms with E-state index in [4.69, 9.17) is 0 Å². The van der Waals surface area contributed by atoms with Crippen molar-refractivity contribution < 1.29 is 10.2 Å². The van der Waals surface area contributed by atoms with E-state index < -0.39 is 5.60 Å². The zero-order valence-corrected chi connectivity index (χ0v) is 8.24. The molecule has 1 heterocycles. The lowest BCUT2D eigenvalue weighted by atomic mass is 9.72. The minimum atomic E-state index is -0.441. The highest BCUT2D eigenvalue weighted by Crippen LogP contribution is 2.38. The van der Waals surface area contributed by atoms with E-state index in [0.717, 1.165) is 38.9 Å². The third-order valence-electron chi connectivity index (χ3n) is 3.22. The van der Waals surface area contributed by atoms with E-state index in [9.17, 15) is 10.2 Å². The fourth-order valence-corrected chi connectivity index (χ4v) is 2.74. The Balaban J connectivity index is 1.78. The molecule has 2 aliphatic rings. The number of β-amino-alcohol motifs (C(OH)–C–C–N with tert-alkyl or cyclic N) is 2. The second kappa shape index (κ2) is 3.23. The van der Waals surface area contributed by atoms with Gasteiger partial charge in [0.05, 0.1) is 11.7 Å². The van der Waals surface area contributed by atoms with Crippen LogP contribution < -0.4 is 0 Å². The Morgan fingerprint density at radius 2 is 2.15 bits per heavy atom. The minimum absolute atomic E-state index is 0.166. The summed E-state index contributed by atoms with van der Waals surface area (Å²) in [5, 5.41) is 19.3. The second-order valence-corrected chi connectivity index (χ2v) is 4.92. The molecule has 3 heteroatoms. The molecular weight excluding hydrogens is 166 g/mol. The SMILES string of the molecule is CC1CC(O)(CN2CCC(O)C2)C1. The van der Waals surface area contributed by atoms with Gasteiger partial charge in [-0.05, 0) is 25.2 Å². The molecule has 1 unspecified atom stereocenters. The highest BCUT2D eigenvalue weighted by atomic mass is 16.3. The van der Waals surface area contributed by atoms with Crippen LogP contribution in [0.2, 0.25) is 0 Å². The van der Waals surface area contributed by atoms with Crippen molar-refractivity contribution in [2.24, 2.45) is 5.92 Å². The molecule has 1 saturated heterocycles. The van der Waals surface area contributed by atoms with Crippen molar-refractivity contribution in [3.05, 3.63) is 0 Å². The molecule has 2 N–H and O–H groups in total. The molecule has 1 atom stereocenters. The topological polar surface area (TPSA) is 43.7 Å². The maximum Gasteiger partial charge on any atom is 0.0779 e. The average Bonchev–Trinajstić information content (AvgIpc) is 2.32. The number of aliphatic hydroxyl groups is 2. The first-order valence-corrected chi connectivity index (χ1v) is 5.20. The van der Waals surface area contributed by atoms with Gasteiger partial charge >= 0.3 is 0 Å². The quantitative estimate of drug-likeness (QED) is 0.646. The molecule has 0 aromatic heterocycles. The second-order valence-electron chi connectivity index (χ2n) is 4.92. The molecule has 2 rings (SSSR count). The largest absolute Gasteiger partial charge is 0.392 e. The van der Waals surface area contributed by atoms with Gasteiger partial charge in [0.15, 0.2) is 0 Å². The van der Waals surface area contributed by atoms with Gasteiger partial charge in [0, 0.05) is 19.6 Å². The van der Waals surface area contributed by atoms with Crippen molar-refractivity contribution in [3.63, 3.8) is 0 Å². The summed E-state index contributed by atoms with van der Waals surface area (Å²) in [4.78, 5) is 2.18.